The van der Waals surface area contributed by atoms with Crippen molar-refractivity contribution >= 4 is 40.6 Å². The number of thioether (sulfide) groups is 1. The highest BCUT2D eigenvalue weighted by molar-refractivity contribution is 8.00. The highest BCUT2D eigenvalue weighted by Gasteiger charge is 2.22. The van der Waals surface area contributed by atoms with Gasteiger partial charge >= 0.3 is 0 Å². The molecular formula is C28H23N3O4S. The Balaban J connectivity index is 1.48. The molecule has 7 nitrogen and oxygen atoms in total. The van der Waals surface area contributed by atoms with Crippen molar-refractivity contribution in [3.05, 3.63) is 130 Å². The van der Waals surface area contributed by atoms with Crippen LogP contribution in [0.4, 0.5) is 17.1 Å². The van der Waals surface area contributed by atoms with Gasteiger partial charge in [0.05, 0.1) is 4.92 Å². The van der Waals surface area contributed by atoms with Crippen LogP contribution in [0.2, 0.25) is 0 Å². The van der Waals surface area contributed by atoms with E-state index >= 15 is 0 Å². The summed E-state index contributed by atoms with van der Waals surface area (Å²) in [6.45, 7) is 1.93. The van der Waals surface area contributed by atoms with Gasteiger partial charge < -0.3 is 10.6 Å². The molecule has 0 radical (unpaired) electrons. The maximum atomic E-state index is 13.2. The molecule has 2 N–H and O–H groups in total. The standard InChI is InChI=1S/C28H23N3O4S/c1-19-6-5-9-21(18-19)27(32)29-23-12-16-25(17-13-23)36-26(20-7-3-2-4-8-20)28(33)30-22-10-14-24(15-11-22)31(34)35/h2-18,26H,1H3,(H,29,32)(H,30,33). The third-order valence-electron chi connectivity index (χ3n) is 5.33. The van der Waals surface area contributed by atoms with Gasteiger partial charge in [-0.3, -0.25) is 19.7 Å². The molecule has 0 bridgehead atoms. The minimum Gasteiger partial charge on any atom is -0.325 e. The van der Waals surface area contributed by atoms with Gasteiger partial charge in [0.2, 0.25) is 5.91 Å². The fraction of sp³-hybridized carbons (Fsp3) is 0.0714. The molecule has 0 spiro atoms. The zero-order valence-corrected chi connectivity index (χ0v) is 20.2. The number of benzene rings is 4. The van der Waals surface area contributed by atoms with Crippen molar-refractivity contribution in [1.82, 2.24) is 0 Å². The number of nitrogens with zero attached hydrogens (tertiary/aromatic N) is 1. The Kier molecular flexibility index (Phi) is 7.77. The fourth-order valence-corrected chi connectivity index (χ4v) is 4.54. The number of nitro groups is 1. The molecule has 180 valence electrons. The molecule has 0 fully saturated rings. The third-order valence-corrected chi connectivity index (χ3v) is 6.60. The monoisotopic (exact) mass is 497 g/mol. The summed E-state index contributed by atoms with van der Waals surface area (Å²) in [5.41, 5.74) is 3.49. The summed E-state index contributed by atoms with van der Waals surface area (Å²) in [6.07, 6.45) is 0. The van der Waals surface area contributed by atoms with E-state index in [-0.39, 0.29) is 17.5 Å². The highest BCUT2D eigenvalue weighted by Crippen LogP contribution is 2.37. The number of carbonyl (C=O) groups is 2. The van der Waals surface area contributed by atoms with Crippen LogP contribution in [0.5, 0.6) is 0 Å². The maximum absolute atomic E-state index is 13.2. The smallest absolute Gasteiger partial charge is 0.269 e. The van der Waals surface area contributed by atoms with Crippen molar-refractivity contribution in [3.63, 3.8) is 0 Å². The summed E-state index contributed by atoms with van der Waals surface area (Å²) in [7, 11) is 0. The lowest BCUT2D eigenvalue weighted by Crippen LogP contribution is -2.19. The van der Waals surface area contributed by atoms with Crippen molar-refractivity contribution in [1.29, 1.82) is 0 Å². The number of nitrogens with one attached hydrogen (secondary N) is 2. The summed E-state index contributed by atoms with van der Waals surface area (Å²) < 4.78 is 0. The quantitative estimate of drug-likeness (QED) is 0.162. The van der Waals surface area contributed by atoms with Crippen LogP contribution in [0.3, 0.4) is 0 Å². The number of rotatable bonds is 8. The van der Waals surface area contributed by atoms with Crippen LogP contribution in [0.15, 0.2) is 108 Å². The molecule has 4 aromatic rings. The molecule has 0 saturated heterocycles. The molecule has 0 aliphatic carbocycles. The van der Waals surface area contributed by atoms with Crippen LogP contribution >= 0.6 is 11.8 Å². The first kappa shape index (κ1) is 24.7. The van der Waals surface area contributed by atoms with Gasteiger partial charge in [0.25, 0.3) is 11.6 Å². The van der Waals surface area contributed by atoms with Crippen LogP contribution in [-0.4, -0.2) is 16.7 Å². The molecule has 1 unspecified atom stereocenters. The van der Waals surface area contributed by atoms with Crippen LogP contribution < -0.4 is 10.6 Å². The topological polar surface area (TPSA) is 101 Å². The summed E-state index contributed by atoms with van der Waals surface area (Å²) >= 11 is 1.37. The first-order valence-electron chi connectivity index (χ1n) is 11.1. The molecule has 0 aliphatic heterocycles. The molecule has 4 rings (SSSR count). The molecular weight excluding hydrogens is 474 g/mol. The second-order valence-electron chi connectivity index (χ2n) is 8.05. The zero-order valence-electron chi connectivity index (χ0n) is 19.4. The lowest BCUT2D eigenvalue weighted by Gasteiger charge is -2.17. The average molecular weight is 498 g/mol. The predicted octanol–water partition coefficient (Wildman–Crippen LogP) is 6.63. The first-order chi connectivity index (χ1) is 17.4. The molecule has 36 heavy (non-hydrogen) atoms. The third kappa shape index (κ3) is 6.37. The summed E-state index contributed by atoms with van der Waals surface area (Å²) in [6, 6.07) is 29.8. The van der Waals surface area contributed by atoms with Gasteiger partial charge in [0, 0.05) is 34.0 Å². The van der Waals surface area contributed by atoms with Gasteiger partial charge in [0.1, 0.15) is 5.25 Å². The Bertz CT molecular complexity index is 1370. The van der Waals surface area contributed by atoms with Crippen molar-refractivity contribution in [2.75, 3.05) is 10.6 Å². The molecule has 0 heterocycles. The first-order valence-corrected chi connectivity index (χ1v) is 12.0. The SMILES string of the molecule is Cc1cccc(C(=O)Nc2ccc(SC(C(=O)Nc3ccc([N+](=O)[O-])cc3)c3ccccc3)cc2)c1. The van der Waals surface area contributed by atoms with Crippen LogP contribution in [0.1, 0.15) is 26.7 Å². The van der Waals surface area contributed by atoms with Gasteiger partial charge in [-0.2, -0.15) is 0 Å². The van der Waals surface area contributed by atoms with Gasteiger partial charge in [-0.1, -0.05) is 48.0 Å². The van der Waals surface area contributed by atoms with Crippen LogP contribution in [0.25, 0.3) is 0 Å². The highest BCUT2D eigenvalue weighted by atomic mass is 32.2. The van der Waals surface area contributed by atoms with Crippen molar-refractivity contribution in [3.8, 4) is 0 Å². The fourth-order valence-electron chi connectivity index (χ4n) is 3.52. The number of hydrogen-bond donors (Lipinski definition) is 2. The molecule has 8 heteroatoms. The molecule has 2 amide bonds. The second-order valence-corrected chi connectivity index (χ2v) is 9.23. The van der Waals surface area contributed by atoms with E-state index < -0.39 is 10.2 Å². The number of amides is 2. The number of hydrogen-bond acceptors (Lipinski definition) is 5. The Morgan fingerprint density at radius 2 is 1.44 bits per heavy atom. The number of nitro benzene ring substituents is 1. The lowest BCUT2D eigenvalue weighted by molar-refractivity contribution is -0.384. The van der Waals surface area contributed by atoms with E-state index in [1.165, 1.54) is 36.0 Å². The molecule has 0 aromatic heterocycles. The number of non-ortho nitro benzene ring substituents is 1. The Labute approximate surface area is 212 Å². The lowest BCUT2D eigenvalue weighted by atomic mass is 10.1. The number of carbonyl (C=O) groups excluding carboxylic acids is 2. The Morgan fingerprint density at radius 3 is 2.08 bits per heavy atom. The average Bonchev–Trinajstić information content (AvgIpc) is 2.89. The van der Waals surface area contributed by atoms with Gasteiger partial charge in [-0.15, -0.1) is 11.8 Å². The van der Waals surface area contributed by atoms with E-state index in [9.17, 15) is 19.7 Å². The normalized spacial score (nSPS) is 11.4. The van der Waals surface area contributed by atoms with Crippen molar-refractivity contribution in [2.24, 2.45) is 0 Å². The summed E-state index contributed by atoms with van der Waals surface area (Å²) in [4.78, 5) is 37.0. The van der Waals surface area contributed by atoms with Crippen molar-refractivity contribution < 1.29 is 14.5 Å². The van der Waals surface area contributed by atoms with Gasteiger partial charge in [-0.05, 0) is 61.0 Å². The molecule has 4 aromatic carbocycles. The number of anilines is 2. The molecule has 0 aliphatic rings. The van der Waals surface area contributed by atoms with Crippen LogP contribution in [0, 0.1) is 17.0 Å². The predicted molar refractivity (Wildman–Crippen MR) is 142 cm³/mol. The van der Waals surface area contributed by atoms with Crippen LogP contribution in [-0.2, 0) is 4.79 Å². The van der Waals surface area contributed by atoms with E-state index in [0.29, 0.717) is 16.9 Å². The zero-order chi connectivity index (χ0) is 25.5. The van der Waals surface area contributed by atoms with E-state index in [1.807, 2.05) is 67.6 Å². The van der Waals surface area contributed by atoms with Gasteiger partial charge in [0.15, 0.2) is 0 Å². The Hall–Kier alpha value is -4.43. The maximum Gasteiger partial charge on any atom is 0.269 e. The minimum atomic E-state index is -0.561. The van der Waals surface area contributed by atoms with E-state index in [2.05, 4.69) is 10.6 Å². The molecule has 1 atom stereocenters. The number of aryl methyl sites for hydroxylation is 1. The Morgan fingerprint density at radius 1 is 0.806 bits per heavy atom. The van der Waals surface area contributed by atoms with E-state index in [1.54, 1.807) is 18.2 Å². The van der Waals surface area contributed by atoms with E-state index in [4.69, 9.17) is 0 Å². The largest absolute Gasteiger partial charge is 0.325 e. The molecule has 0 saturated carbocycles. The minimum absolute atomic E-state index is 0.0448. The second kappa shape index (κ2) is 11.3. The van der Waals surface area contributed by atoms with Gasteiger partial charge in [-0.25, -0.2) is 0 Å². The summed E-state index contributed by atoms with van der Waals surface area (Å²) in [5.74, 6) is -0.444. The summed E-state index contributed by atoms with van der Waals surface area (Å²) in [5, 5.41) is 16.1. The van der Waals surface area contributed by atoms with Crippen molar-refractivity contribution in [2.45, 2.75) is 17.1 Å². The van der Waals surface area contributed by atoms with E-state index in [0.717, 1.165) is 16.0 Å².